The van der Waals surface area contributed by atoms with Gasteiger partial charge in [-0.1, -0.05) is 19.3 Å². The minimum absolute atomic E-state index is 0.0802. The van der Waals surface area contributed by atoms with Crippen LogP contribution in [0.5, 0.6) is 11.5 Å². The molecule has 1 fully saturated rings. The second-order valence-electron chi connectivity index (χ2n) is 6.12. The lowest BCUT2D eigenvalue weighted by atomic mass is 9.69. The van der Waals surface area contributed by atoms with E-state index >= 15 is 0 Å². The number of hydrogen-bond donors (Lipinski definition) is 1. The van der Waals surface area contributed by atoms with Crippen molar-refractivity contribution in [3.05, 3.63) is 17.4 Å². The Balaban J connectivity index is 2.78. The van der Waals surface area contributed by atoms with E-state index in [0.29, 0.717) is 12.1 Å². The van der Waals surface area contributed by atoms with Gasteiger partial charge in [0.25, 0.3) is 0 Å². The third-order valence-electron chi connectivity index (χ3n) is 4.70. The van der Waals surface area contributed by atoms with Crippen LogP contribution in [0.1, 0.15) is 37.7 Å². The summed E-state index contributed by atoms with van der Waals surface area (Å²) in [5.41, 5.74) is 6.21. The Labute approximate surface area is 136 Å². The molecular formula is C16H24FNO4S. The Morgan fingerprint density at radius 3 is 2.17 bits per heavy atom. The number of sulfone groups is 1. The van der Waals surface area contributed by atoms with Crippen molar-refractivity contribution in [2.45, 2.75) is 42.4 Å². The normalized spacial score (nSPS) is 17.8. The van der Waals surface area contributed by atoms with Crippen LogP contribution in [0.25, 0.3) is 0 Å². The second kappa shape index (κ2) is 6.65. The monoisotopic (exact) mass is 345 g/mol. The number of ether oxygens (including phenoxy) is 2. The Kier molecular flexibility index (Phi) is 5.20. The van der Waals surface area contributed by atoms with Crippen LogP contribution in [0.4, 0.5) is 4.39 Å². The van der Waals surface area contributed by atoms with Crippen molar-refractivity contribution < 1.29 is 22.3 Å². The maximum Gasteiger partial charge on any atom is 0.182 e. The molecule has 0 aromatic heterocycles. The number of halogens is 1. The van der Waals surface area contributed by atoms with Gasteiger partial charge in [0.15, 0.2) is 21.3 Å². The fraction of sp³-hybridized carbons (Fsp3) is 0.625. The maximum absolute atomic E-state index is 14.6. The highest BCUT2D eigenvalue weighted by molar-refractivity contribution is 7.90. The van der Waals surface area contributed by atoms with Crippen LogP contribution < -0.4 is 15.2 Å². The molecule has 1 aromatic carbocycles. The molecular weight excluding hydrogens is 321 g/mol. The molecule has 1 aromatic rings. The number of nitrogens with two attached hydrogens (primary N) is 1. The molecule has 130 valence electrons. The molecule has 0 radical (unpaired) electrons. The quantitative estimate of drug-likeness (QED) is 0.886. The predicted octanol–water partition coefficient (Wildman–Crippen LogP) is 2.41. The van der Waals surface area contributed by atoms with Gasteiger partial charge in [0.2, 0.25) is 0 Å². The number of rotatable bonds is 5. The van der Waals surface area contributed by atoms with Crippen LogP contribution in [0, 0.1) is 5.82 Å². The molecule has 0 spiro atoms. The van der Waals surface area contributed by atoms with Gasteiger partial charge in [0.1, 0.15) is 10.7 Å². The first kappa shape index (κ1) is 18.0. The summed E-state index contributed by atoms with van der Waals surface area (Å²) in [6.45, 7) is 0.351. The van der Waals surface area contributed by atoms with E-state index in [4.69, 9.17) is 15.2 Å². The first-order valence-corrected chi connectivity index (χ1v) is 9.55. The largest absolute Gasteiger partial charge is 0.493 e. The highest BCUT2D eigenvalue weighted by Gasteiger charge is 2.39. The van der Waals surface area contributed by atoms with Gasteiger partial charge in [-0.15, -0.1) is 0 Å². The summed E-state index contributed by atoms with van der Waals surface area (Å²) in [5.74, 6) is -0.636. The van der Waals surface area contributed by atoms with E-state index in [1.54, 1.807) is 0 Å². The summed E-state index contributed by atoms with van der Waals surface area (Å²) in [6, 6.07) is 1.26. The van der Waals surface area contributed by atoms with Gasteiger partial charge in [-0.25, -0.2) is 12.8 Å². The molecule has 1 saturated carbocycles. The third-order valence-corrected chi connectivity index (χ3v) is 5.82. The minimum Gasteiger partial charge on any atom is -0.493 e. The maximum atomic E-state index is 14.6. The molecule has 0 atom stereocenters. The Morgan fingerprint density at radius 1 is 1.17 bits per heavy atom. The summed E-state index contributed by atoms with van der Waals surface area (Å²) in [6.07, 6.45) is 5.70. The Hall–Kier alpha value is -1.34. The van der Waals surface area contributed by atoms with Crippen molar-refractivity contribution >= 4 is 9.84 Å². The third kappa shape index (κ3) is 3.17. The van der Waals surface area contributed by atoms with Gasteiger partial charge >= 0.3 is 0 Å². The van der Waals surface area contributed by atoms with Crippen LogP contribution in [0.2, 0.25) is 0 Å². The fourth-order valence-corrected chi connectivity index (χ4v) is 4.46. The molecule has 0 amide bonds. The molecule has 1 aliphatic rings. The van der Waals surface area contributed by atoms with Crippen molar-refractivity contribution in [1.29, 1.82) is 0 Å². The summed E-state index contributed by atoms with van der Waals surface area (Å²) >= 11 is 0. The lowest BCUT2D eigenvalue weighted by Gasteiger charge is -2.38. The first-order valence-electron chi connectivity index (χ1n) is 7.66. The van der Waals surface area contributed by atoms with Crippen molar-refractivity contribution in [1.82, 2.24) is 0 Å². The van der Waals surface area contributed by atoms with Crippen molar-refractivity contribution in [3.63, 3.8) is 0 Å². The van der Waals surface area contributed by atoms with Gasteiger partial charge in [-0.2, -0.15) is 0 Å². The van der Waals surface area contributed by atoms with Crippen LogP contribution in [-0.2, 0) is 15.3 Å². The molecule has 7 heteroatoms. The summed E-state index contributed by atoms with van der Waals surface area (Å²) in [4.78, 5) is -0.469. The lowest BCUT2D eigenvalue weighted by molar-refractivity contribution is 0.277. The Bertz CT molecular complexity index is 682. The average Bonchev–Trinajstić information content (AvgIpc) is 2.53. The van der Waals surface area contributed by atoms with Crippen LogP contribution >= 0.6 is 0 Å². The van der Waals surface area contributed by atoms with Crippen LogP contribution in [0.3, 0.4) is 0 Å². The molecule has 2 N–H and O–H groups in total. The van der Waals surface area contributed by atoms with E-state index in [0.717, 1.165) is 38.4 Å². The van der Waals surface area contributed by atoms with Gasteiger partial charge < -0.3 is 15.2 Å². The van der Waals surface area contributed by atoms with Gasteiger partial charge in [-0.3, -0.25) is 0 Å². The Morgan fingerprint density at radius 2 is 1.74 bits per heavy atom. The summed E-state index contributed by atoms with van der Waals surface area (Å²) in [5, 5.41) is 0. The van der Waals surface area contributed by atoms with Gasteiger partial charge in [0, 0.05) is 23.8 Å². The van der Waals surface area contributed by atoms with Crippen molar-refractivity contribution in [2.75, 3.05) is 27.0 Å². The average molecular weight is 345 g/mol. The van der Waals surface area contributed by atoms with Crippen LogP contribution in [-0.4, -0.2) is 35.4 Å². The standard InChI is InChI=1S/C16H24FNO4S/c1-21-13-11(16(10-18)7-5-4-6-8-16)9-12(17)15(14(13)22-2)23(3,19)20/h9H,4-8,10,18H2,1-3H3. The van der Waals surface area contributed by atoms with Crippen molar-refractivity contribution in [3.8, 4) is 11.5 Å². The number of hydrogen-bond acceptors (Lipinski definition) is 5. The van der Waals surface area contributed by atoms with E-state index < -0.39 is 26.0 Å². The highest BCUT2D eigenvalue weighted by Crippen LogP contribution is 2.48. The first-order chi connectivity index (χ1) is 10.8. The zero-order chi connectivity index (χ0) is 17.3. The molecule has 23 heavy (non-hydrogen) atoms. The number of methoxy groups -OCH3 is 2. The van der Waals surface area contributed by atoms with Crippen molar-refractivity contribution in [2.24, 2.45) is 5.73 Å². The van der Waals surface area contributed by atoms with E-state index in [9.17, 15) is 12.8 Å². The molecule has 0 aliphatic heterocycles. The smallest absolute Gasteiger partial charge is 0.182 e. The molecule has 0 saturated heterocycles. The van der Waals surface area contributed by atoms with Gasteiger partial charge in [-0.05, 0) is 18.9 Å². The van der Waals surface area contributed by atoms with Crippen LogP contribution in [0.15, 0.2) is 11.0 Å². The molecule has 2 rings (SSSR count). The lowest BCUT2D eigenvalue weighted by Crippen LogP contribution is -2.37. The minimum atomic E-state index is -3.79. The molecule has 0 unspecified atom stereocenters. The van der Waals surface area contributed by atoms with E-state index in [2.05, 4.69) is 0 Å². The van der Waals surface area contributed by atoms with E-state index in [1.807, 2.05) is 0 Å². The SMILES string of the molecule is COc1c(C2(CN)CCCCC2)cc(F)c(S(C)(=O)=O)c1OC. The zero-order valence-electron chi connectivity index (χ0n) is 13.8. The zero-order valence-corrected chi connectivity index (χ0v) is 14.6. The molecule has 1 aliphatic carbocycles. The van der Waals surface area contributed by atoms with E-state index in [-0.39, 0.29) is 11.5 Å². The van der Waals surface area contributed by atoms with Gasteiger partial charge in [0.05, 0.1) is 14.2 Å². The molecule has 5 nitrogen and oxygen atoms in total. The molecule has 0 heterocycles. The van der Waals surface area contributed by atoms with E-state index in [1.165, 1.54) is 20.3 Å². The summed E-state index contributed by atoms with van der Waals surface area (Å²) in [7, 11) is -1.05. The molecule has 0 bridgehead atoms. The summed E-state index contributed by atoms with van der Waals surface area (Å²) < 4.78 is 49.1. The number of benzene rings is 1. The predicted molar refractivity (Wildman–Crippen MR) is 86.4 cm³/mol. The topological polar surface area (TPSA) is 78.6 Å². The second-order valence-corrected chi connectivity index (χ2v) is 8.07. The highest BCUT2D eigenvalue weighted by atomic mass is 32.2. The fourth-order valence-electron chi connectivity index (χ4n) is 3.53.